The van der Waals surface area contributed by atoms with Gasteiger partial charge in [0.15, 0.2) is 0 Å². The molecule has 0 aliphatic heterocycles. The molecular weight excluding hydrogens is 246 g/mol. The molecule has 1 atom stereocenters. The van der Waals surface area contributed by atoms with Gasteiger partial charge in [0.1, 0.15) is 5.75 Å². The van der Waals surface area contributed by atoms with Crippen LogP contribution < -0.4 is 10.1 Å². The Bertz CT molecular complexity index is 358. The van der Waals surface area contributed by atoms with Crippen molar-refractivity contribution in [2.24, 2.45) is 0 Å². The molecule has 0 fully saturated rings. The van der Waals surface area contributed by atoms with Gasteiger partial charge < -0.3 is 15.2 Å². The molecule has 1 aromatic rings. The Morgan fingerprint density at radius 3 is 2.83 bits per heavy atom. The lowest BCUT2D eigenvalue weighted by atomic mass is 10.0. The SMILES string of the molecule is CNC(CSCCCO)c1cc(C)ccc1OC. The highest BCUT2D eigenvalue weighted by molar-refractivity contribution is 7.99. The molecule has 4 heteroatoms. The van der Waals surface area contributed by atoms with Crippen LogP contribution >= 0.6 is 11.8 Å². The van der Waals surface area contributed by atoms with E-state index in [1.54, 1.807) is 7.11 Å². The first kappa shape index (κ1) is 15.3. The Kier molecular flexibility index (Phi) is 7.16. The van der Waals surface area contributed by atoms with Gasteiger partial charge in [0, 0.05) is 24.0 Å². The van der Waals surface area contributed by atoms with Crippen molar-refractivity contribution in [1.29, 1.82) is 0 Å². The summed E-state index contributed by atoms with van der Waals surface area (Å²) in [4.78, 5) is 0. The lowest BCUT2D eigenvalue weighted by Gasteiger charge is -2.19. The molecule has 1 aromatic carbocycles. The van der Waals surface area contributed by atoms with Crippen LogP contribution in [0, 0.1) is 6.92 Å². The molecule has 0 aliphatic rings. The van der Waals surface area contributed by atoms with Crippen LogP contribution in [0.1, 0.15) is 23.6 Å². The summed E-state index contributed by atoms with van der Waals surface area (Å²) in [6.07, 6.45) is 0.853. The molecule has 3 nitrogen and oxygen atoms in total. The Morgan fingerprint density at radius 2 is 2.22 bits per heavy atom. The molecule has 0 saturated heterocycles. The second-order valence-corrected chi connectivity index (χ2v) is 5.39. The second kappa shape index (κ2) is 8.40. The van der Waals surface area contributed by atoms with Crippen molar-refractivity contribution in [2.45, 2.75) is 19.4 Å². The zero-order chi connectivity index (χ0) is 13.4. The van der Waals surface area contributed by atoms with Crippen molar-refractivity contribution in [1.82, 2.24) is 5.32 Å². The fourth-order valence-corrected chi connectivity index (χ4v) is 2.90. The van der Waals surface area contributed by atoms with Gasteiger partial charge in [0.05, 0.1) is 7.11 Å². The van der Waals surface area contributed by atoms with Gasteiger partial charge in [-0.3, -0.25) is 0 Å². The molecule has 0 spiro atoms. The molecule has 0 bridgehead atoms. The minimum atomic E-state index is 0.269. The van der Waals surface area contributed by atoms with Gasteiger partial charge >= 0.3 is 0 Å². The number of benzene rings is 1. The van der Waals surface area contributed by atoms with Gasteiger partial charge in [0.25, 0.3) is 0 Å². The highest BCUT2D eigenvalue weighted by Crippen LogP contribution is 2.28. The van der Waals surface area contributed by atoms with E-state index in [-0.39, 0.29) is 12.6 Å². The number of hydrogen-bond acceptors (Lipinski definition) is 4. The predicted octanol–water partition coefficient (Wildman–Crippen LogP) is 2.38. The van der Waals surface area contributed by atoms with E-state index in [9.17, 15) is 0 Å². The zero-order valence-corrected chi connectivity index (χ0v) is 12.2. The molecule has 102 valence electrons. The van der Waals surface area contributed by atoms with Gasteiger partial charge in [-0.1, -0.05) is 17.7 Å². The van der Waals surface area contributed by atoms with Crippen molar-refractivity contribution in [2.75, 3.05) is 32.3 Å². The molecule has 1 unspecified atom stereocenters. The van der Waals surface area contributed by atoms with Crippen molar-refractivity contribution in [3.05, 3.63) is 29.3 Å². The number of nitrogens with one attached hydrogen (secondary N) is 1. The number of ether oxygens (including phenoxy) is 1. The summed E-state index contributed by atoms with van der Waals surface area (Å²) in [6, 6.07) is 6.54. The van der Waals surface area contributed by atoms with Crippen molar-refractivity contribution >= 4 is 11.8 Å². The normalized spacial score (nSPS) is 12.4. The third kappa shape index (κ3) is 4.52. The van der Waals surface area contributed by atoms with Crippen LogP contribution in [0.15, 0.2) is 18.2 Å². The largest absolute Gasteiger partial charge is 0.496 e. The van der Waals surface area contributed by atoms with Crippen LogP contribution in [0.3, 0.4) is 0 Å². The Hall–Kier alpha value is -0.710. The van der Waals surface area contributed by atoms with E-state index < -0.39 is 0 Å². The summed E-state index contributed by atoms with van der Waals surface area (Å²) < 4.78 is 5.42. The maximum atomic E-state index is 8.78. The molecule has 1 rings (SSSR count). The summed E-state index contributed by atoms with van der Waals surface area (Å²) in [5.74, 6) is 2.90. The molecule has 0 radical (unpaired) electrons. The van der Waals surface area contributed by atoms with Gasteiger partial charge in [-0.2, -0.15) is 11.8 Å². The number of thioether (sulfide) groups is 1. The zero-order valence-electron chi connectivity index (χ0n) is 11.4. The van der Waals surface area contributed by atoms with E-state index in [4.69, 9.17) is 9.84 Å². The fourth-order valence-electron chi connectivity index (χ4n) is 1.82. The lowest BCUT2D eigenvalue weighted by Crippen LogP contribution is -2.20. The van der Waals surface area contributed by atoms with Crippen LogP contribution in [-0.2, 0) is 0 Å². The standard InChI is InChI=1S/C14H23NO2S/c1-11-5-6-14(17-3)12(9-11)13(15-2)10-18-8-4-7-16/h5-6,9,13,15-16H,4,7-8,10H2,1-3H3. The van der Waals surface area contributed by atoms with Gasteiger partial charge in [-0.15, -0.1) is 0 Å². The number of aliphatic hydroxyl groups excluding tert-OH is 1. The summed E-state index contributed by atoms with van der Waals surface area (Å²) in [7, 11) is 3.68. The third-order valence-electron chi connectivity index (χ3n) is 2.84. The van der Waals surface area contributed by atoms with Crippen LogP contribution in [0.4, 0.5) is 0 Å². The first-order chi connectivity index (χ1) is 8.72. The Balaban J connectivity index is 2.71. The molecule has 0 aliphatic carbocycles. The van der Waals surface area contributed by atoms with Crippen LogP contribution in [0.5, 0.6) is 5.75 Å². The van der Waals surface area contributed by atoms with E-state index in [2.05, 4.69) is 24.4 Å². The van der Waals surface area contributed by atoms with Gasteiger partial charge in [0.2, 0.25) is 0 Å². The first-order valence-electron chi connectivity index (χ1n) is 6.23. The highest BCUT2D eigenvalue weighted by Gasteiger charge is 2.14. The molecular formula is C14H23NO2S. The topological polar surface area (TPSA) is 41.5 Å². The summed E-state index contributed by atoms with van der Waals surface area (Å²) in [5, 5.41) is 12.1. The highest BCUT2D eigenvalue weighted by atomic mass is 32.2. The third-order valence-corrected chi connectivity index (χ3v) is 3.99. The minimum Gasteiger partial charge on any atom is -0.496 e. The van der Waals surface area contributed by atoms with E-state index >= 15 is 0 Å². The molecule has 0 saturated carbocycles. The monoisotopic (exact) mass is 269 g/mol. The van der Waals surface area contributed by atoms with E-state index in [0.717, 1.165) is 23.7 Å². The number of aliphatic hydroxyl groups is 1. The maximum Gasteiger partial charge on any atom is 0.123 e. The van der Waals surface area contributed by atoms with Gasteiger partial charge in [-0.25, -0.2) is 0 Å². The number of hydrogen-bond donors (Lipinski definition) is 2. The van der Waals surface area contributed by atoms with Crippen molar-refractivity contribution < 1.29 is 9.84 Å². The number of aryl methyl sites for hydroxylation is 1. The predicted molar refractivity (Wildman–Crippen MR) is 78.6 cm³/mol. The lowest BCUT2D eigenvalue weighted by molar-refractivity contribution is 0.296. The van der Waals surface area contributed by atoms with Crippen molar-refractivity contribution in [3.8, 4) is 5.75 Å². The molecule has 2 N–H and O–H groups in total. The fraction of sp³-hybridized carbons (Fsp3) is 0.571. The summed E-state index contributed by atoms with van der Waals surface area (Å²) in [5.41, 5.74) is 2.45. The summed E-state index contributed by atoms with van der Waals surface area (Å²) in [6.45, 7) is 2.36. The van der Waals surface area contributed by atoms with E-state index in [0.29, 0.717) is 0 Å². The average molecular weight is 269 g/mol. The maximum absolute atomic E-state index is 8.78. The van der Waals surface area contributed by atoms with Gasteiger partial charge in [-0.05, 0) is 32.2 Å². The minimum absolute atomic E-state index is 0.269. The number of methoxy groups -OCH3 is 1. The average Bonchev–Trinajstić information content (AvgIpc) is 2.39. The molecule has 0 heterocycles. The Labute approximate surface area is 114 Å². The first-order valence-corrected chi connectivity index (χ1v) is 7.38. The van der Waals surface area contributed by atoms with E-state index in [1.807, 2.05) is 24.9 Å². The molecule has 0 aromatic heterocycles. The quantitative estimate of drug-likeness (QED) is 0.711. The van der Waals surface area contributed by atoms with Crippen molar-refractivity contribution in [3.63, 3.8) is 0 Å². The Morgan fingerprint density at radius 1 is 1.44 bits per heavy atom. The summed E-state index contributed by atoms with van der Waals surface area (Å²) >= 11 is 1.85. The van der Waals surface area contributed by atoms with Crippen LogP contribution in [-0.4, -0.2) is 37.4 Å². The molecule has 18 heavy (non-hydrogen) atoms. The van der Waals surface area contributed by atoms with E-state index in [1.165, 1.54) is 11.1 Å². The van der Waals surface area contributed by atoms with Crippen LogP contribution in [0.25, 0.3) is 0 Å². The molecule has 0 amide bonds. The second-order valence-electron chi connectivity index (χ2n) is 4.24. The number of rotatable bonds is 8. The van der Waals surface area contributed by atoms with Crippen LogP contribution in [0.2, 0.25) is 0 Å². The smallest absolute Gasteiger partial charge is 0.123 e.